The van der Waals surface area contributed by atoms with E-state index in [0.29, 0.717) is 0 Å². The van der Waals surface area contributed by atoms with Crippen molar-refractivity contribution in [1.82, 2.24) is 9.36 Å². The van der Waals surface area contributed by atoms with Crippen LogP contribution in [0.3, 0.4) is 0 Å². The van der Waals surface area contributed by atoms with E-state index in [1.807, 2.05) is 85.4 Å². The monoisotopic (exact) mass is 290 g/mol. The van der Waals surface area contributed by atoms with Crippen molar-refractivity contribution < 1.29 is 0 Å². The van der Waals surface area contributed by atoms with E-state index in [1.165, 1.54) is 0 Å². The second kappa shape index (κ2) is 5.90. The molecule has 0 spiro atoms. The fourth-order valence-electron chi connectivity index (χ4n) is 2.50. The van der Waals surface area contributed by atoms with Crippen LogP contribution in [0.2, 0.25) is 0 Å². The van der Waals surface area contributed by atoms with E-state index in [0.717, 1.165) is 22.5 Å². The van der Waals surface area contributed by atoms with Gasteiger partial charge < -0.3 is 0 Å². The number of benzene rings is 2. The summed E-state index contributed by atoms with van der Waals surface area (Å²) in [5.41, 5.74) is 3.85. The van der Waals surface area contributed by atoms with Gasteiger partial charge in [-0.1, -0.05) is 60.7 Å². The Balaban J connectivity index is 2.25. The van der Waals surface area contributed by atoms with Gasteiger partial charge in [-0.2, -0.15) is 0 Å². The topological polar surface area (TPSA) is 26.9 Å². The third-order valence-electron chi connectivity index (χ3n) is 3.75. The van der Waals surface area contributed by atoms with Crippen LogP contribution in [0.1, 0.15) is 16.8 Å². The van der Waals surface area contributed by atoms with Crippen LogP contribution in [0, 0.1) is 6.92 Å². The van der Waals surface area contributed by atoms with Crippen LogP contribution in [0.4, 0.5) is 0 Å². The molecule has 0 atom stereocenters. The van der Waals surface area contributed by atoms with E-state index in [1.54, 1.807) is 10.7 Å². The van der Waals surface area contributed by atoms with Gasteiger partial charge in [0.05, 0.1) is 5.70 Å². The maximum absolute atomic E-state index is 12.4. The van der Waals surface area contributed by atoms with Crippen molar-refractivity contribution in [3.05, 3.63) is 93.9 Å². The molecule has 3 aromatic rings. The molecule has 110 valence electrons. The van der Waals surface area contributed by atoms with Gasteiger partial charge in [0.15, 0.2) is 0 Å². The quantitative estimate of drug-likeness (QED) is 0.678. The average molecular weight is 290 g/mol. The predicted molar refractivity (Wildman–Crippen MR) is 90.6 cm³/mol. The van der Waals surface area contributed by atoms with Crippen molar-refractivity contribution in [3.8, 4) is 0 Å². The van der Waals surface area contributed by atoms with Crippen molar-refractivity contribution in [2.75, 3.05) is 0 Å². The number of hydrogen-bond acceptors (Lipinski definition) is 1. The first-order valence-electron chi connectivity index (χ1n) is 7.25. The number of rotatable bonds is 3. The van der Waals surface area contributed by atoms with Crippen LogP contribution in [-0.2, 0) is 7.05 Å². The lowest BCUT2D eigenvalue weighted by Crippen LogP contribution is -2.21. The number of nitrogens with zero attached hydrogens (tertiary/aromatic N) is 2. The van der Waals surface area contributed by atoms with Gasteiger partial charge in [-0.3, -0.25) is 9.48 Å². The number of aryl methyl sites for hydroxylation is 1. The third-order valence-corrected chi connectivity index (χ3v) is 3.75. The van der Waals surface area contributed by atoms with E-state index >= 15 is 0 Å². The van der Waals surface area contributed by atoms with Crippen molar-refractivity contribution in [1.29, 1.82) is 0 Å². The fourth-order valence-corrected chi connectivity index (χ4v) is 2.50. The molecule has 0 fully saturated rings. The molecular weight excluding hydrogens is 272 g/mol. The normalized spacial score (nSPS) is 11.6. The van der Waals surface area contributed by atoms with Gasteiger partial charge in [-0.05, 0) is 18.6 Å². The maximum Gasteiger partial charge on any atom is 0.271 e. The first kappa shape index (κ1) is 14.1. The first-order chi connectivity index (χ1) is 10.7. The highest BCUT2D eigenvalue weighted by atomic mass is 16.1. The molecule has 0 saturated heterocycles. The molecule has 22 heavy (non-hydrogen) atoms. The molecule has 0 N–H and O–H groups in total. The van der Waals surface area contributed by atoms with E-state index in [-0.39, 0.29) is 5.56 Å². The van der Waals surface area contributed by atoms with E-state index in [9.17, 15) is 4.79 Å². The second-order valence-electron chi connectivity index (χ2n) is 5.27. The molecule has 0 unspecified atom stereocenters. The van der Waals surface area contributed by atoms with Crippen LogP contribution in [-0.4, -0.2) is 9.36 Å². The molecule has 0 aliphatic carbocycles. The fraction of sp³-hybridized carbons (Fsp3) is 0.105. The zero-order chi connectivity index (χ0) is 15.5. The molecule has 0 radical (unpaired) electrons. The average Bonchev–Trinajstić information content (AvgIpc) is 2.80. The van der Waals surface area contributed by atoms with Crippen molar-refractivity contribution in [2.24, 2.45) is 7.05 Å². The Morgan fingerprint density at radius 2 is 1.55 bits per heavy atom. The molecule has 0 bridgehead atoms. The van der Waals surface area contributed by atoms with Crippen LogP contribution < -0.4 is 5.56 Å². The summed E-state index contributed by atoms with van der Waals surface area (Å²) in [5, 5.41) is 0. The summed E-state index contributed by atoms with van der Waals surface area (Å²) in [6.45, 7) is 1.93. The second-order valence-corrected chi connectivity index (χ2v) is 5.27. The molecule has 0 aliphatic rings. The molecule has 3 heteroatoms. The lowest BCUT2D eigenvalue weighted by molar-refractivity contribution is 0.643. The summed E-state index contributed by atoms with van der Waals surface area (Å²) in [6, 6.07) is 21.7. The molecule has 2 aromatic carbocycles. The van der Waals surface area contributed by atoms with Gasteiger partial charge >= 0.3 is 0 Å². The Hall–Kier alpha value is -2.81. The van der Waals surface area contributed by atoms with Gasteiger partial charge in [0.1, 0.15) is 0 Å². The Bertz CT molecular complexity index is 855. The lowest BCUT2D eigenvalue weighted by atomic mass is 10.1. The van der Waals surface area contributed by atoms with E-state index < -0.39 is 0 Å². The minimum Gasteiger partial charge on any atom is -0.285 e. The standard InChI is InChI=1S/C19H18N2O/c1-15-13-19(22)21(20(15)2)18(17-11-7-4-8-12-17)14-16-9-5-3-6-10-16/h3-14H,1-2H3/b18-14+. The van der Waals surface area contributed by atoms with Crippen LogP contribution in [0.15, 0.2) is 71.5 Å². The van der Waals surface area contributed by atoms with Crippen LogP contribution in [0.5, 0.6) is 0 Å². The molecule has 1 aromatic heterocycles. The van der Waals surface area contributed by atoms with E-state index in [2.05, 4.69) is 0 Å². The minimum atomic E-state index is -0.0222. The van der Waals surface area contributed by atoms with Crippen molar-refractivity contribution >= 4 is 11.8 Å². The summed E-state index contributed by atoms with van der Waals surface area (Å²) < 4.78 is 3.59. The molecular formula is C19H18N2O. The van der Waals surface area contributed by atoms with Gasteiger partial charge in [0.2, 0.25) is 0 Å². The number of aromatic nitrogens is 2. The molecule has 3 nitrogen and oxygen atoms in total. The van der Waals surface area contributed by atoms with Gasteiger partial charge in [0.25, 0.3) is 5.56 Å². The van der Waals surface area contributed by atoms with E-state index in [4.69, 9.17) is 0 Å². The SMILES string of the molecule is Cc1cc(=O)n(/C(=C/c2ccccc2)c2ccccc2)n1C. The highest BCUT2D eigenvalue weighted by Crippen LogP contribution is 2.19. The first-order valence-corrected chi connectivity index (χ1v) is 7.25. The van der Waals surface area contributed by atoms with Crippen molar-refractivity contribution in [3.63, 3.8) is 0 Å². The third kappa shape index (κ3) is 2.66. The van der Waals surface area contributed by atoms with Crippen molar-refractivity contribution in [2.45, 2.75) is 6.92 Å². The van der Waals surface area contributed by atoms with Crippen LogP contribution in [0.25, 0.3) is 11.8 Å². The molecule has 0 amide bonds. The summed E-state index contributed by atoms with van der Waals surface area (Å²) in [4.78, 5) is 12.4. The summed E-state index contributed by atoms with van der Waals surface area (Å²) >= 11 is 0. The Morgan fingerprint density at radius 3 is 2.09 bits per heavy atom. The zero-order valence-corrected chi connectivity index (χ0v) is 12.7. The maximum atomic E-state index is 12.4. The molecule has 3 rings (SSSR count). The molecule has 0 aliphatic heterocycles. The lowest BCUT2D eigenvalue weighted by Gasteiger charge is -2.13. The number of hydrogen-bond donors (Lipinski definition) is 0. The highest BCUT2D eigenvalue weighted by molar-refractivity contribution is 5.81. The van der Waals surface area contributed by atoms with Gasteiger partial charge in [-0.25, -0.2) is 4.68 Å². The highest BCUT2D eigenvalue weighted by Gasteiger charge is 2.11. The smallest absolute Gasteiger partial charge is 0.271 e. The Kier molecular flexibility index (Phi) is 3.79. The zero-order valence-electron chi connectivity index (χ0n) is 12.7. The van der Waals surface area contributed by atoms with Gasteiger partial charge in [0, 0.05) is 24.4 Å². The predicted octanol–water partition coefficient (Wildman–Crippen LogP) is 3.54. The summed E-state index contributed by atoms with van der Waals surface area (Å²) in [7, 11) is 1.90. The summed E-state index contributed by atoms with van der Waals surface area (Å²) in [5.74, 6) is 0. The minimum absolute atomic E-state index is 0.0222. The Labute approximate surface area is 129 Å². The largest absolute Gasteiger partial charge is 0.285 e. The van der Waals surface area contributed by atoms with Crippen LogP contribution >= 0.6 is 0 Å². The Morgan fingerprint density at radius 1 is 0.955 bits per heavy atom. The summed E-state index contributed by atoms with van der Waals surface area (Å²) in [6.07, 6.45) is 2.04. The molecule has 1 heterocycles. The van der Waals surface area contributed by atoms with Gasteiger partial charge in [-0.15, -0.1) is 0 Å². The molecule has 0 saturated carbocycles.